The van der Waals surface area contributed by atoms with Crippen molar-refractivity contribution in [3.8, 4) is 0 Å². The smallest absolute Gasteiger partial charge is 0.394 e. The SMILES string of the molecule is Cc1ccccc1C(CO)NCC(F)(F)F. The first-order valence-corrected chi connectivity index (χ1v) is 4.90. The van der Waals surface area contributed by atoms with Crippen LogP contribution in [0.5, 0.6) is 0 Å². The summed E-state index contributed by atoms with van der Waals surface area (Å²) in [6.07, 6.45) is -4.27. The maximum Gasteiger partial charge on any atom is 0.401 e. The third kappa shape index (κ3) is 3.83. The van der Waals surface area contributed by atoms with Crippen LogP contribution in [0.4, 0.5) is 13.2 Å². The standard InChI is InChI=1S/C11H14F3NO/c1-8-4-2-3-5-9(8)10(6-16)15-7-11(12,13)14/h2-5,10,15-16H,6-7H2,1H3. The summed E-state index contributed by atoms with van der Waals surface area (Å²) >= 11 is 0. The van der Waals surface area contributed by atoms with E-state index in [4.69, 9.17) is 5.11 Å². The van der Waals surface area contributed by atoms with Crippen molar-refractivity contribution in [2.45, 2.75) is 19.1 Å². The van der Waals surface area contributed by atoms with Crippen LogP contribution in [-0.2, 0) is 0 Å². The van der Waals surface area contributed by atoms with Crippen LogP contribution in [0.3, 0.4) is 0 Å². The summed E-state index contributed by atoms with van der Waals surface area (Å²) in [5.74, 6) is 0. The van der Waals surface area contributed by atoms with E-state index in [1.54, 1.807) is 31.2 Å². The highest BCUT2D eigenvalue weighted by Crippen LogP contribution is 2.19. The maximum atomic E-state index is 12.0. The minimum Gasteiger partial charge on any atom is -0.394 e. The first-order chi connectivity index (χ1) is 7.44. The molecule has 0 aliphatic heterocycles. The third-order valence-electron chi connectivity index (χ3n) is 2.30. The third-order valence-corrected chi connectivity index (χ3v) is 2.30. The van der Waals surface area contributed by atoms with Gasteiger partial charge in [-0.1, -0.05) is 24.3 Å². The topological polar surface area (TPSA) is 32.3 Å². The van der Waals surface area contributed by atoms with Gasteiger partial charge >= 0.3 is 6.18 Å². The Bertz CT molecular complexity index is 338. The molecule has 0 heterocycles. The normalized spacial score (nSPS) is 13.8. The van der Waals surface area contributed by atoms with Gasteiger partial charge in [0.2, 0.25) is 0 Å². The van der Waals surface area contributed by atoms with Crippen molar-refractivity contribution >= 4 is 0 Å². The maximum absolute atomic E-state index is 12.0. The highest BCUT2D eigenvalue weighted by atomic mass is 19.4. The van der Waals surface area contributed by atoms with E-state index in [1.807, 2.05) is 0 Å². The zero-order valence-electron chi connectivity index (χ0n) is 8.88. The van der Waals surface area contributed by atoms with Gasteiger partial charge in [0.1, 0.15) is 0 Å². The van der Waals surface area contributed by atoms with Gasteiger partial charge in [0.05, 0.1) is 19.2 Å². The number of halogens is 3. The molecule has 0 amide bonds. The lowest BCUT2D eigenvalue weighted by molar-refractivity contribution is -0.126. The zero-order valence-corrected chi connectivity index (χ0v) is 8.88. The average molecular weight is 233 g/mol. The first-order valence-electron chi connectivity index (χ1n) is 4.90. The predicted octanol–water partition coefficient (Wildman–Crippen LogP) is 2.18. The van der Waals surface area contributed by atoms with Gasteiger partial charge in [-0.2, -0.15) is 13.2 Å². The molecule has 1 unspecified atom stereocenters. The number of hydrogen-bond donors (Lipinski definition) is 2. The minimum atomic E-state index is -4.27. The van der Waals surface area contributed by atoms with E-state index in [0.29, 0.717) is 5.56 Å². The lowest BCUT2D eigenvalue weighted by Gasteiger charge is -2.19. The van der Waals surface area contributed by atoms with Crippen LogP contribution < -0.4 is 5.32 Å². The molecular formula is C11H14F3NO. The summed E-state index contributed by atoms with van der Waals surface area (Å²) in [5.41, 5.74) is 1.55. The second-order valence-corrected chi connectivity index (χ2v) is 3.59. The molecular weight excluding hydrogens is 219 g/mol. The molecule has 0 saturated carbocycles. The summed E-state index contributed by atoms with van der Waals surface area (Å²) in [6.45, 7) is 0.334. The molecule has 0 aliphatic rings. The molecule has 0 bridgehead atoms. The van der Waals surface area contributed by atoms with Crippen LogP contribution >= 0.6 is 0 Å². The van der Waals surface area contributed by atoms with E-state index in [-0.39, 0.29) is 6.61 Å². The van der Waals surface area contributed by atoms with Crippen molar-refractivity contribution in [1.29, 1.82) is 0 Å². The largest absolute Gasteiger partial charge is 0.401 e. The van der Waals surface area contributed by atoms with Gasteiger partial charge in [-0.3, -0.25) is 5.32 Å². The highest BCUT2D eigenvalue weighted by molar-refractivity contribution is 5.28. The number of alkyl halides is 3. The molecule has 0 saturated heterocycles. The van der Waals surface area contributed by atoms with Crippen molar-refractivity contribution in [3.63, 3.8) is 0 Å². The van der Waals surface area contributed by atoms with E-state index >= 15 is 0 Å². The van der Waals surface area contributed by atoms with Gasteiger partial charge in [0, 0.05) is 0 Å². The summed E-state index contributed by atoms with van der Waals surface area (Å²) in [4.78, 5) is 0. The summed E-state index contributed by atoms with van der Waals surface area (Å²) in [6, 6.07) is 6.37. The van der Waals surface area contributed by atoms with E-state index in [9.17, 15) is 13.2 Å². The Morgan fingerprint density at radius 3 is 2.44 bits per heavy atom. The quantitative estimate of drug-likeness (QED) is 0.835. The van der Waals surface area contributed by atoms with Crippen LogP contribution in [0.1, 0.15) is 17.2 Å². The number of rotatable bonds is 4. The van der Waals surface area contributed by atoms with E-state index in [2.05, 4.69) is 5.32 Å². The number of aliphatic hydroxyl groups excluding tert-OH is 1. The fraction of sp³-hybridized carbons (Fsp3) is 0.455. The van der Waals surface area contributed by atoms with Gasteiger partial charge < -0.3 is 5.11 Å². The van der Waals surface area contributed by atoms with E-state index in [0.717, 1.165) is 5.56 Å². The molecule has 90 valence electrons. The molecule has 5 heteroatoms. The van der Waals surface area contributed by atoms with Crippen molar-refractivity contribution in [2.24, 2.45) is 0 Å². The van der Waals surface area contributed by atoms with Gasteiger partial charge in [-0.05, 0) is 18.1 Å². The molecule has 0 radical (unpaired) electrons. The molecule has 1 atom stereocenters. The molecule has 0 aliphatic carbocycles. The van der Waals surface area contributed by atoms with Crippen LogP contribution in [0.2, 0.25) is 0 Å². The Morgan fingerprint density at radius 1 is 1.31 bits per heavy atom. The Kier molecular flexibility index (Phi) is 4.32. The zero-order chi connectivity index (χ0) is 12.2. The lowest BCUT2D eigenvalue weighted by atomic mass is 10.0. The number of hydrogen-bond acceptors (Lipinski definition) is 2. The summed E-state index contributed by atoms with van der Waals surface area (Å²) < 4.78 is 36.1. The van der Waals surface area contributed by atoms with Crippen molar-refractivity contribution < 1.29 is 18.3 Å². The predicted molar refractivity (Wildman–Crippen MR) is 55.1 cm³/mol. The molecule has 2 nitrogen and oxygen atoms in total. The van der Waals surface area contributed by atoms with Gasteiger partial charge in [-0.15, -0.1) is 0 Å². The minimum absolute atomic E-state index is 0.360. The fourth-order valence-electron chi connectivity index (χ4n) is 1.49. The Labute approximate surface area is 92.1 Å². The summed E-state index contributed by atoms with van der Waals surface area (Å²) in [7, 11) is 0. The Balaban J connectivity index is 2.72. The number of nitrogens with one attached hydrogen (secondary N) is 1. The van der Waals surface area contributed by atoms with E-state index < -0.39 is 18.8 Å². The van der Waals surface area contributed by atoms with Gasteiger partial charge in [0.15, 0.2) is 0 Å². The second-order valence-electron chi connectivity index (χ2n) is 3.59. The Hall–Kier alpha value is -1.07. The number of benzene rings is 1. The molecule has 1 rings (SSSR count). The molecule has 0 spiro atoms. The fourth-order valence-corrected chi connectivity index (χ4v) is 1.49. The van der Waals surface area contributed by atoms with Crippen LogP contribution in [0.15, 0.2) is 24.3 Å². The lowest BCUT2D eigenvalue weighted by Crippen LogP contribution is -2.34. The van der Waals surface area contributed by atoms with Gasteiger partial charge in [-0.25, -0.2) is 0 Å². The second kappa shape index (κ2) is 5.32. The van der Waals surface area contributed by atoms with Crippen molar-refractivity contribution in [1.82, 2.24) is 5.32 Å². The molecule has 0 aromatic heterocycles. The number of aliphatic hydroxyl groups is 1. The first kappa shape index (κ1) is 13.0. The van der Waals surface area contributed by atoms with Gasteiger partial charge in [0.25, 0.3) is 0 Å². The van der Waals surface area contributed by atoms with Crippen molar-refractivity contribution in [3.05, 3.63) is 35.4 Å². The molecule has 2 N–H and O–H groups in total. The highest BCUT2D eigenvalue weighted by Gasteiger charge is 2.28. The molecule has 1 aromatic rings. The molecule has 16 heavy (non-hydrogen) atoms. The summed E-state index contributed by atoms with van der Waals surface area (Å²) in [5, 5.41) is 11.4. The van der Waals surface area contributed by atoms with E-state index in [1.165, 1.54) is 0 Å². The average Bonchev–Trinajstić information content (AvgIpc) is 2.20. The molecule has 0 fully saturated rings. The molecule has 1 aromatic carbocycles. The van der Waals surface area contributed by atoms with Crippen molar-refractivity contribution in [2.75, 3.05) is 13.2 Å². The number of aryl methyl sites for hydroxylation is 1. The van der Waals surface area contributed by atoms with Crippen LogP contribution in [-0.4, -0.2) is 24.4 Å². The Morgan fingerprint density at radius 2 is 1.94 bits per heavy atom. The van der Waals surface area contributed by atoms with Crippen LogP contribution in [0, 0.1) is 6.92 Å². The monoisotopic (exact) mass is 233 g/mol. The van der Waals surface area contributed by atoms with Crippen LogP contribution in [0.25, 0.3) is 0 Å².